The molecule has 0 N–H and O–H groups in total. The molecule has 0 bridgehead atoms. The van der Waals surface area contributed by atoms with Crippen molar-refractivity contribution in [2.45, 2.75) is 85.6 Å². The van der Waals surface area contributed by atoms with Crippen molar-refractivity contribution < 1.29 is 4.79 Å². The molecule has 1 aliphatic rings. The number of hydrogen-bond donors (Lipinski definition) is 0. The third-order valence-electron chi connectivity index (χ3n) is 5.36. The molecule has 0 aliphatic heterocycles. The van der Waals surface area contributed by atoms with Gasteiger partial charge in [-0.2, -0.15) is 0 Å². The van der Waals surface area contributed by atoms with E-state index in [1.54, 1.807) is 0 Å². The molecule has 1 heterocycles. The minimum atomic E-state index is 0.281. The summed E-state index contributed by atoms with van der Waals surface area (Å²) >= 11 is 0. The quantitative estimate of drug-likeness (QED) is 0.663. The lowest BCUT2D eigenvalue weighted by Crippen LogP contribution is -2.12. The summed E-state index contributed by atoms with van der Waals surface area (Å²) in [5, 5.41) is 8.91. The lowest BCUT2D eigenvalue weighted by molar-refractivity contribution is -0.118. The molecule has 2 aromatic rings. The molecule has 1 saturated carbocycles. The highest BCUT2D eigenvalue weighted by atomic mass is 16.1. The first-order valence-electron chi connectivity index (χ1n) is 10.2. The van der Waals surface area contributed by atoms with E-state index in [1.165, 1.54) is 24.0 Å². The van der Waals surface area contributed by atoms with Crippen molar-refractivity contribution in [2.24, 2.45) is 5.41 Å². The number of benzene rings is 1. The van der Waals surface area contributed by atoms with E-state index in [4.69, 9.17) is 0 Å². The fourth-order valence-electron chi connectivity index (χ4n) is 3.54. The van der Waals surface area contributed by atoms with Crippen LogP contribution in [-0.4, -0.2) is 20.5 Å². The number of Topliss-reactive ketones (excluding diaryl/α,β-unsaturated/α-hetero) is 1. The van der Waals surface area contributed by atoms with Crippen LogP contribution in [0.25, 0.3) is 0 Å². The van der Waals surface area contributed by atoms with E-state index >= 15 is 0 Å². The third-order valence-corrected chi connectivity index (χ3v) is 5.36. The smallest absolute Gasteiger partial charge is 0.137 e. The van der Waals surface area contributed by atoms with E-state index < -0.39 is 0 Å². The zero-order valence-corrected chi connectivity index (χ0v) is 17.5. The molecule has 0 atom stereocenters. The average Bonchev–Trinajstić information content (AvgIpc) is 3.33. The van der Waals surface area contributed by atoms with Crippen LogP contribution in [0.15, 0.2) is 18.2 Å². The Morgan fingerprint density at radius 2 is 1.78 bits per heavy atom. The van der Waals surface area contributed by atoms with Crippen molar-refractivity contribution >= 4 is 5.78 Å². The van der Waals surface area contributed by atoms with Crippen LogP contribution < -0.4 is 0 Å². The summed E-state index contributed by atoms with van der Waals surface area (Å²) < 4.78 is 2.33. The molecule has 0 spiro atoms. The molecular weight excluding hydrogens is 334 g/mol. The Kier molecular flexibility index (Phi) is 5.83. The van der Waals surface area contributed by atoms with Gasteiger partial charge in [-0.15, -0.1) is 10.2 Å². The van der Waals surface area contributed by atoms with Crippen LogP contribution in [-0.2, 0) is 24.1 Å². The second-order valence-corrected chi connectivity index (χ2v) is 9.34. The van der Waals surface area contributed by atoms with E-state index in [0.29, 0.717) is 30.7 Å². The molecule has 1 aromatic heterocycles. The van der Waals surface area contributed by atoms with E-state index in [9.17, 15) is 4.79 Å². The average molecular weight is 368 g/mol. The summed E-state index contributed by atoms with van der Waals surface area (Å²) in [5.41, 5.74) is 3.88. The summed E-state index contributed by atoms with van der Waals surface area (Å²) in [6.07, 6.45) is 6.24. The first-order valence-corrected chi connectivity index (χ1v) is 10.2. The molecule has 1 aliphatic carbocycles. The number of carbonyl (C=O) groups excluding carboxylic acids is 1. The monoisotopic (exact) mass is 367 g/mol. The van der Waals surface area contributed by atoms with E-state index in [2.05, 4.69) is 67.6 Å². The van der Waals surface area contributed by atoms with Crippen LogP contribution in [0.3, 0.4) is 0 Å². The molecular formula is C23H33N3O. The molecule has 0 amide bonds. The van der Waals surface area contributed by atoms with Crippen LogP contribution in [0.5, 0.6) is 0 Å². The molecule has 3 rings (SSSR count). The maximum absolute atomic E-state index is 12.5. The molecule has 0 radical (unpaired) electrons. The van der Waals surface area contributed by atoms with Crippen LogP contribution in [0, 0.1) is 19.3 Å². The predicted molar refractivity (Wildman–Crippen MR) is 109 cm³/mol. The maximum Gasteiger partial charge on any atom is 0.137 e. The lowest BCUT2D eigenvalue weighted by atomic mass is 9.90. The van der Waals surface area contributed by atoms with Gasteiger partial charge in [-0.05, 0) is 49.7 Å². The highest BCUT2D eigenvalue weighted by Gasteiger charge is 2.29. The first kappa shape index (κ1) is 19.8. The second kappa shape index (κ2) is 7.95. The number of carbonyl (C=O) groups is 1. The number of nitrogens with zero attached hydrogens (tertiary/aromatic N) is 3. The van der Waals surface area contributed by atoms with Gasteiger partial charge >= 0.3 is 0 Å². The Labute approximate surface area is 163 Å². The number of hydrogen-bond acceptors (Lipinski definition) is 3. The number of aromatic nitrogens is 3. The van der Waals surface area contributed by atoms with Crippen molar-refractivity contribution in [3.63, 3.8) is 0 Å². The summed E-state index contributed by atoms with van der Waals surface area (Å²) in [7, 11) is 0. The molecule has 0 unspecified atom stereocenters. The van der Waals surface area contributed by atoms with Gasteiger partial charge in [0.25, 0.3) is 0 Å². The number of rotatable bonds is 8. The van der Waals surface area contributed by atoms with Crippen LogP contribution in [0.2, 0.25) is 0 Å². The summed E-state index contributed by atoms with van der Waals surface area (Å²) in [4.78, 5) is 12.5. The Hall–Kier alpha value is -1.97. The number of ketones is 1. The van der Waals surface area contributed by atoms with Crippen LogP contribution in [0.4, 0.5) is 0 Å². The molecule has 4 nitrogen and oxygen atoms in total. The molecule has 1 aromatic carbocycles. The van der Waals surface area contributed by atoms with Gasteiger partial charge in [-0.25, -0.2) is 0 Å². The Bertz CT molecular complexity index is 810. The number of aryl methyl sites for hydroxylation is 4. The molecule has 0 saturated heterocycles. The largest absolute Gasteiger partial charge is 0.312 e. The van der Waals surface area contributed by atoms with Gasteiger partial charge in [-0.1, -0.05) is 44.5 Å². The minimum Gasteiger partial charge on any atom is -0.312 e. The fourth-order valence-corrected chi connectivity index (χ4v) is 3.54. The lowest BCUT2D eigenvalue weighted by Gasteiger charge is -2.18. The highest BCUT2D eigenvalue weighted by Crippen LogP contribution is 2.37. The van der Waals surface area contributed by atoms with Crippen molar-refractivity contribution in [2.75, 3.05) is 0 Å². The van der Waals surface area contributed by atoms with Gasteiger partial charge < -0.3 is 4.57 Å². The maximum atomic E-state index is 12.5. The van der Waals surface area contributed by atoms with Crippen molar-refractivity contribution in [3.8, 4) is 0 Å². The Morgan fingerprint density at radius 1 is 1.11 bits per heavy atom. The third kappa shape index (κ3) is 5.50. The zero-order chi connectivity index (χ0) is 19.6. The van der Waals surface area contributed by atoms with Crippen molar-refractivity contribution in [3.05, 3.63) is 46.5 Å². The van der Waals surface area contributed by atoms with Gasteiger partial charge in [0.15, 0.2) is 0 Å². The molecule has 146 valence electrons. The summed E-state index contributed by atoms with van der Waals surface area (Å²) in [6.45, 7) is 11.0. The van der Waals surface area contributed by atoms with Crippen molar-refractivity contribution in [1.29, 1.82) is 0 Å². The van der Waals surface area contributed by atoms with Gasteiger partial charge in [0.05, 0.1) is 0 Å². The van der Waals surface area contributed by atoms with Crippen LogP contribution >= 0.6 is 0 Å². The minimum absolute atomic E-state index is 0.281. The fraction of sp³-hybridized carbons (Fsp3) is 0.609. The first-order chi connectivity index (χ1) is 12.7. The van der Waals surface area contributed by atoms with Crippen LogP contribution in [0.1, 0.15) is 80.8 Å². The molecule has 4 heteroatoms. The highest BCUT2D eigenvalue weighted by molar-refractivity contribution is 5.81. The summed E-state index contributed by atoms with van der Waals surface area (Å²) in [5.74, 6) is 2.38. The SMILES string of the molecule is Cc1ccc(CC(=O)CCc2nnc(CCC(C)(C)C)n2C2CC2)c(C)c1. The zero-order valence-electron chi connectivity index (χ0n) is 17.5. The predicted octanol–water partition coefficient (Wildman–Crippen LogP) is 4.95. The van der Waals surface area contributed by atoms with E-state index in [1.807, 2.05) is 0 Å². The second-order valence-electron chi connectivity index (χ2n) is 9.34. The van der Waals surface area contributed by atoms with Crippen molar-refractivity contribution in [1.82, 2.24) is 14.8 Å². The van der Waals surface area contributed by atoms with E-state index in [0.717, 1.165) is 30.1 Å². The Balaban J connectivity index is 1.62. The Morgan fingerprint density at radius 3 is 2.37 bits per heavy atom. The topological polar surface area (TPSA) is 47.8 Å². The molecule has 1 fully saturated rings. The van der Waals surface area contributed by atoms with E-state index in [-0.39, 0.29) is 5.78 Å². The normalized spacial score (nSPS) is 14.6. The van der Waals surface area contributed by atoms with Gasteiger partial charge in [0.1, 0.15) is 17.4 Å². The van der Waals surface area contributed by atoms with Gasteiger partial charge in [0, 0.05) is 31.7 Å². The standard InChI is InChI=1S/C23H33N3O/c1-16-6-7-18(17(2)14-16)15-20(27)10-11-21-24-25-22(12-13-23(3,4)5)26(21)19-8-9-19/h6-7,14,19H,8-13,15H2,1-5H3. The van der Waals surface area contributed by atoms with Gasteiger partial charge in [-0.3, -0.25) is 4.79 Å². The molecule has 27 heavy (non-hydrogen) atoms. The summed E-state index contributed by atoms with van der Waals surface area (Å²) in [6, 6.07) is 6.87. The van der Waals surface area contributed by atoms with Gasteiger partial charge in [0.2, 0.25) is 0 Å².